The lowest BCUT2D eigenvalue weighted by molar-refractivity contribution is -0.125. The van der Waals surface area contributed by atoms with E-state index in [0.717, 1.165) is 41.7 Å². The van der Waals surface area contributed by atoms with Gasteiger partial charge in [-0.1, -0.05) is 31.4 Å². The van der Waals surface area contributed by atoms with Crippen molar-refractivity contribution in [2.24, 2.45) is 0 Å². The number of amides is 3. The highest BCUT2D eigenvalue weighted by molar-refractivity contribution is 6.35. The Bertz CT molecular complexity index is 1100. The van der Waals surface area contributed by atoms with Crippen molar-refractivity contribution >= 4 is 29.4 Å². The molecule has 7 nitrogen and oxygen atoms in total. The Labute approximate surface area is 186 Å². The van der Waals surface area contributed by atoms with Crippen LogP contribution in [0, 0.1) is 13.8 Å². The third-order valence-corrected chi connectivity index (χ3v) is 6.03. The lowest BCUT2D eigenvalue weighted by Gasteiger charge is -2.22. The number of aryl methyl sites for hydroxylation is 2. The molecule has 1 fully saturated rings. The molecule has 3 amide bonds. The second-order valence-corrected chi connectivity index (χ2v) is 8.47. The van der Waals surface area contributed by atoms with Gasteiger partial charge >= 0.3 is 5.97 Å². The number of fused-ring (bicyclic) bond motifs is 1. The zero-order valence-corrected chi connectivity index (χ0v) is 18.3. The van der Waals surface area contributed by atoms with Gasteiger partial charge in [-0.25, -0.2) is 9.69 Å². The topological polar surface area (TPSA) is 92.8 Å². The summed E-state index contributed by atoms with van der Waals surface area (Å²) in [5.41, 5.74) is 2.77. The molecule has 2 aromatic carbocycles. The number of benzene rings is 2. The van der Waals surface area contributed by atoms with Crippen LogP contribution in [0.15, 0.2) is 36.4 Å². The van der Waals surface area contributed by atoms with Gasteiger partial charge in [0.25, 0.3) is 17.7 Å². The molecule has 0 unspecified atom stereocenters. The van der Waals surface area contributed by atoms with Crippen molar-refractivity contribution in [1.82, 2.24) is 5.32 Å². The number of nitrogens with zero attached hydrogens (tertiary/aromatic N) is 1. The van der Waals surface area contributed by atoms with E-state index in [1.54, 1.807) is 6.07 Å². The predicted molar refractivity (Wildman–Crippen MR) is 119 cm³/mol. The molecule has 166 valence electrons. The average Bonchev–Trinajstić information content (AvgIpc) is 3.04. The van der Waals surface area contributed by atoms with Crippen LogP contribution >= 0.6 is 0 Å². The standard InChI is InChI=1S/C25H26N2O5/c1-15-8-9-16(2)21(12-15)27-23(29)19-11-10-17(13-20(19)24(27)30)25(31)32-14-22(28)26-18-6-4-3-5-7-18/h8-13,18H,3-7,14H2,1-2H3,(H,26,28). The molecule has 2 aromatic rings. The molecule has 0 aromatic heterocycles. The van der Waals surface area contributed by atoms with Gasteiger partial charge < -0.3 is 10.1 Å². The summed E-state index contributed by atoms with van der Waals surface area (Å²) in [6.45, 7) is 3.34. The molecule has 2 aliphatic rings. The highest BCUT2D eigenvalue weighted by Gasteiger charge is 2.38. The number of carbonyl (C=O) groups is 4. The van der Waals surface area contributed by atoms with E-state index in [1.807, 2.05) is 26.0 Å². The first-order valence-electron chi connectivity index (χ1n) is 10.9. The molecular weight excluding hydrogens is 408 g/mol. The van der Waals surface area contributed by atoms with Gasteiger partial charge in [0.05, 0.1) is 22.4 Å². The van der Waals surface area contributed by atoms with Crippen LogP contribution in [0.1, 0.15) is 74.3 Å². The summed E-state index contributed by atoms with van der Waals surface area (Å²) < 4.78 is 5.14. The largest absolute Gasteiger partial charge is 0.452 e. The quantitative estimate of drug-likeness (QED) is 0.572. The second-order valence-electron chi connectivity index (χ2n) is 8.47. The van der Waals surface area contributed by atoms with Crippen LogP contribution in [0.25, 0.3) is 0 Å². The highest BCUT2D eigenvalue weighted by atomic mass is 16.5. The molecule has 0 bridgehead atoms. The molecule has 1 N–H and O–H groups in total. The number of imide groups is 1. The number of carbonyl (C=O) groups excluding carboxylic acids is 4. The van der Waals surface area contributed by atoms with Gasteiger partial charge in [0.1, 0.15) is 0 Å². The Hall–Kier alpha value is -3.48. The molecule has 1 saturated carbocycles. The van der Waals surface area contributed by atoms with Crippen LogP contribution < -0.4 is 10.2 Å². The molecule has 0 saturated heterocycles. The molecule has 4 rings (SSSR count). The first-order valence-corrected chi connectivity index (χ1v) is 10.9. The summed E-state index contributed by atoms with van der Waals surface area (Å²) in [4.78, 5) is 51.6. The van der Waals surface area contributed by atoms with Crippen LogP contribution in [0.4, 0.5) is 5.69 Å². The number of anilines is 1. The fourth-order valence-corrected chi connectivity index (χ4v) is 4.28. The predicted octanol–water partition coefficient (Wildman–Crippen LogP) is 3.71. The van der Waals surface area contributed by atoms with Crippen LogP contribution in [0.3, 0.4) is 0 Å². The third kappa shape index (κ3) is 4.28. The Morgan fingerprint density at radius 2 is 1.69 bits per heavy atom. The van der Waals surface area contributed by atoms with E-state index in [0.29, 0.717) is 5.69 Å². The Morgan fingerprint density at radius 3 is 2.44 bits per heavy atom. The monoisotopic (exact) mass is 434 g/mol. The molecule has 1 aliphatic heterocycles. The molecule has 0 spiro atoms. The lowest BCUT2D eigenvalue weighted by atomic mass is 9.95. The second kappa shape index (κ2) is 8.94. The van der Waals surface area contributed by atoms with E-state index in [-0.39, 0.29) is 35.2 Å². The number of rotatable bonds is 5. The van der Waals surface area contributed by atoms with Gasteiger partial charge in [-0.15, -0.1) is 0 Å². The minimum atomic E-state index is -0.711. The number of ether oxygens (including phenoxy) is 1. The average molecular weight is 434 g/mol. The van der Waals surface area contributed by atoms with Crippen molar-refractivity contribution < 1.29 is 23.9 Å². The van der Waals surface area contributed by atoms with E-state index < -0.39 is 17.8 Å². The van der Waals surface area contributed by atoms with Crippen molar-refractivity contribution in [3.8, 4) is 0 Å². The van der Waals surface area contributed by atoms with E-state index in [1.165, 1.54) is 24.6 Å². The van der Waals surface area contributed by atoms with Crippen molar-refractivity contribution in [2.45, 2.75) is 52.0 Å². The maximum absolute atomic E-state index is 13.0. The highest BCUT2D eigenvalue weighted by Crippen LogP contribution is 2.32. The number of nitrogens with one attached hydrogen (secondary N) is 1. The summed E-state index contributed by atoms with van der Waals surface area (Å²) in [6.07, 6.45) is 5.24. The van der Waals surface area contributed by atoms with Crippen molar-refractivity contribution in [2.75, 3.05) is 11.5 Å². The molecule has 1 aliphatic carbocycles. The maximum Gasteiger partial charge on any atom is 0.338 e. The Kier molecular flexibility index (Phi) is 6.08. The van der Waals surface area contributed by atoms with E-state index >= 15 is 0 Å². The van der Waals surface area contributed by atoms with Crippen LogP contribution in [-0.2, 0) is 9.53 Å². The maximum atomic E-state index is 13.0. The van der Waals surface area contributed by atoms with Gasteiger partial charge in [-0.05, 0) is 62.1 Å². The van der Waals surface area contributed by atoms with Gasteiger partial charge in [-0.3, -0.25) is 14.4 Å². The number of esters is 1. The van der Waals surface area contributed by atoms with Crippen molar-refractivity contribution in [3.63, 3.8) is 0 Å². The van der Waals surface area contributed by atoms with Gasteiger partial charge in [0.15, 0.2) is 6.61 Å². The Morgan fingerprint density at radius 1 is 0.969 bits per heavy atom. The summed E-state index contributed by atoms with van der Waals surface area (Å²) >= 11 is 0. The third-order valence-electron chi connectivity index (χ3n) is 6.03. The number of hydrogen-bond acceptors (Lipinski definition) is 5. The molecule has 0 radical (unpaired) electrons. The minimum absolute atomic E-state index is 0.123. The van der Waals surface area contributed by atoms with Crippen molar-refractivity contribution in [1.29, 1.82) is 0 Å². The molecule has 7 heteroatoms. The van der Waals surface area contributed by atoms with Crippen LogP contribution in [0.2, 0.25) is 0 Å². The van der Waals surface area contributed by atoms with Gasteiger partial charge in [0.2, 0.25) is 0 Å². The van der Waals surface area contributed by atoms with Gasteiger partial charge in [0, 0.05) is 6.04 Å². The zero-order valence-electron chi connectivity index (χ0n) is 18.3. The number of hydrogen-bond donors (Lipinski definition) is 1. The van der Waals surface area contributed by atoms with Gasteiger partial charge in [-0.2, -0.15) is 0 Å². The Balaban J connectivity index is 1.45. The summed E-state index contributed by atoms with van der Waals surface area (Å²) in [6, 6.07) is 9.95. The fourth-order valence-electron chi connectivity index (χ4n) is 4.28. The lowest BCUT2D eigenvalue weighted by Crippen LogP contribution is -2.38. The molecule has 0 atom stereocenters. The van der Waals surface area contributed by atoms with Crippen LogP contribution in [-0.4, -0.2) is 36.3 Å². The smallest absolute Gasteiger partial charge is 0.338 e. The SMILES string of the molecule is Cc1ccc(C)c(N2C(=O)c3ccc(C(=O)OCC(=O)NC4CCCCC4)cc3C2=O)c1. The minimum Gasteiger partial charge on any atom is -0.452 e. The summed E-state index contributed by atoms with van der Waals surface area (Å²) in [7, 11) is 0. The fraction of sp³-hybridized carbons (Fsp3) is 0.360. The van der Waals surface area contributed by atoms with E-state index in [4.69, 9.17) is 4.74 Å². The summed E-state index contributed by atoms with van der Waals surface area (Å²) in [5, 5.41) is 2.89. The first-order chi connectivity index (χ1) is 15.3. The normalized spacial score (nSPS) is 16.1. The summed E-state index contributed by atoms with van der Waals surface area (Å²) in [5.74, 6) is -1.95. The zero-order chi connectivity index (χ0) is 22.8. The molecule has 32 heavy (non-hydrogen) atoms. The van der Waals surface area contributed by atoms with E-state index in [2.05, 4.69) is 5.32 Å². The first kappa shape index (κ1) is 21.7. The van der Waals surface area contributed by atoms with Crippen molar-refractivity contribution in [3.05, 3.63) is 64.2 Å². The molecule has 1 heterocycles. The van der Waals surface area contributed by atoms with E-state index in [9.17, 15) is 19.2 Å². The molecular formula is C25H26N2O5. The van der Waals surface area contributed by atoms with Crippen LogP contribution in [0.5, 0.6) is 0 Å².